The highest BCUT2D eigenvalue weighted by molar-refractivity contribution is 7.89. The van der Waals surface area contributed by atoms with Crippen LogP contribution in [0.3, 0.4) is 0 Å². The van der Waals surface area contributed by atoms with E-state index in [2.05, 4.69) is 15.1 Å². The van der Waals surface area contributed by atoms with Gasteiger partial charge >= 0.3 is 0 Å². The van der Waals surface area contributed by atoms with Crippen molar-refractivity contribution in [3.05, 3.63) is 18.0 Å². The summed E-state index contributed by atoms with van der Waals surface area (Å²) < 4.78 is 27.5. The van der Waals surface area contributed by atoms with Crippen LogP contribution in [-0.4, -0.2) is 43.1 Å². The fourth-order valence-corrected chi connectivity index (χ4v) is 2.43. The summed E-state index contributed by atoms with van der Waals surface area (Å²) in [4.78, 5) is 0. The highest BCUT2D eigenvalue weighted by Gasteiger charge is 2.09. The van der Waals surface area contributed by atoms with E-state index in [0.717, 1.165) is 5.69 Å². The zero-order valence-corrected chi connectivity index (χ0v) is 12.0. The molecule has 0 unspecified atom stereocenters. The van der Waals surface area contributed by atoms with E-state index in [4.69, 9.17) is 0 Å². The number of aromatic nitrogens is 2. The van der Waals surface area contributed by atoms with Crippen molar-refractivity contribution in [1.29, 1.82) is 0 Å². The Balaban J connectivity index is 2.25. The first-order valence-corrected chi connectivity index (χ1v) is 7.73. The lowest BCUT2D eigenvalue weighted by Crippen LogP contribution is -2.35. The van der Waals surface area contributed by atoms with Crippen LogP contribution in [0.5, 0.6) is 0 Å². The number of rotatable bonds is 8. The fraction of sp³-hybridized carbons (Fsp3) is 0.727. The van der Waals surface area contributed by atoms with Gasteiger partial charge in [-0.1, -0.05) is 13.8 Å². The van der Waals surface area contributed by atoms with Crippen LogP contribution in [-0.2, 0) is 23.5 Å². The Morgan fingerprint density at radius 1 is 1.39 bits per heavy atom. The lowest BCUT2D eigenvalue weighted by Gasteiger charge is -2.09. The van der Waals surface area contributed by atoms with Gasteiger partial charge in [0.15, 0.2) is 0 Å². The quantitative estimate of drug-likeness (QED) is 0.693. The van der Waals surface area contributed by atoms with Gasteiger partial charge < -0.3 is 5.32 Å². The second kappa shape index (κ2) is 6.86. The van der Waals surface area contributed by atoms with Crippen LogP contribution in [0.15, 0.2) is 12.3 Å². The molecular weight excluding hydrogens is 252 g/mol. The Kier molecular flexibility index (Phi) is 5.77. The van der Waals surface area contributed by atoms with Crippen LogP contribution < -0.4 is 10.0 Å². The van der Waals surface area contributed by atoms with E-state index in [0.29, 0.717) is 25.6 Å². The van der Waals surface area contributed by atoms with Gasteiger partial charge in [0.05, 0.1) is 11.4 Å². The maximum absolute atomic E-state index is 11.6. The number of aryl methyl sites for hydroxylation is 1. The van der Waals surface area contributed by atoms with E-state index in [1.165, 1.54) is 0 Å². The number of sulfonamides is 1. The molecule has 0 aliphatic carbocycles. The molecule has 18 heavy (non-hydrogen) atoms. The van der Waals surface area contributed by atoms with E-state index in [1.54, 1.807) is 4.68 Å². The molecule has 1 rings (SSSR count). The smallest absolute Gasteiger partial charge is 0.212 e. The van der Waals surface area contributed by atoms with Crippen LogP contribution in [0.1, 0.15) is 19.5 Å². The van der Waals surface area contributed by atoms with Crippen molar-refractivity contribution in [3.63, 3.8) is 0 Å². The zero-order valence-electron chi connectivity index (χ0n) is 11.2. The second-order valence-electron chi connectivity index (χ2n) is 4.55. The van der Waals surface area contributed by atoms with Crippen molar-refractivity contribution < 1.29 is 8.42 Å². The van der Waals surface area contributed by atoms with Gasteiger partial charge in [-0.05, 0) is 6.07 Å². The summed E-state index contributed by atoms with van der Waals surface area (Å²) >= 11 is 0. The maximum atomic E-state index is 11.6. The van der Waals surface area contributed by atoms with Crippen LogP contribution >= 0.6 is 0 Å². The number of nitrogens with zero attached hydrogens (tertiary/aromatic N) is 2. The minimum atomic E-state index is -3.19. The number of nitrogens with one attached hydrogen (secondary N) is 2. The molecule has 0 aliphatic rings. The standard InChI is InChI=1S/C11H22N4O2S/c1-10(2)12-7-9-18(16,17)13-6-4-11-5-8-15(3)14-11/h5,8,10,12-13H,4,6-7,9H2,1-3H3. The van der Waals surface area contributed by atoms with Crippen molar-refractivity contribution in [2.24, 2.45) is 7.05 Å². The van der Waals surface area contributed by atoms with Crippen LogP contribution in [0, 0.1) is 0 Å². The summed E-state index contributed by atoms with van der Waals surface area (Å²) in [6.07, 6.45) is 2.45. The van der Waals surface area contributed by atoms with E-state index in [9.17, 15) is 8.42 Å². The summed E-state index contributed by atoms with van der Waals surface area (Å²) in [7, 11) is -1.35. The molecule has 1 aromatic rings. The Hall–Kier alpha value is -0.920. The van der Waals surface area contributed by atoms with Crippen molar-refractivity contribution in [1.82, 2.24) is 19.8 Å². The molecule has 0 radical (unpaired) electrons. The normalized spacial score (nSPS) is 12.2. The summed E-state index contributed by atoms with van der Waals surface area (Å²) in [6, 6.07) is 2.18. The molecule has 0 bridgehead atoms. The molecule has 1 heterocycles. The molecule has 104 valence electrons. The molecule has 1 aromatic heterocycles. The third-order valence-corrected chi connectivity index (χ3v) is 3.78. The molecule has 0 amide bonds. The van der Waals surface area contributed by atoms with Gasteiger partial charge in [0, 0.05) is 38.8 Å². The Morgan fingerprint density at radius 2 is 2.11 bits per heavy atom. The van der Waals surface area contributed by atoms with Crippen molar-refractivity contribution in [3.8, 4) is 0 Å². The van der Waals surface area contributed by atoms with Crippen molar-refractivity contribution >= 4 is 10.0 Å². The van der Waals surface area contributed by atoms with E-state index >= 15 is 0 Å². The van der Waals surface area contributed by atoms with Crippen molar-refractivity contribution in [2.45, 2.75) is 26.3 Å². The molecule has 0 saturated heterocycles. The minimum absolute atomic E-state index is 0.105. The third kappa shape index (κ3) is 6.13. The first-order valence-electron chi connectivity index (χ1n) is 6.08. The molecule has 0 atom stereocenters. The van der Waals surface area contributed by atoms with Crippen molar-refractivity contribution in [2.75, 3.05) is 18.8 Å². The Labute approximate surface area is 109 Å². The number of hydrogen-bond acceptors (Lipinski definition) is 4. The first kappa shape index (κ1) is 15.1. The molecule has 0 aromatic carbocycles. The van der Waals surface area contributed by atoms with Gasteiger partial charge in [-0.15, -0.1) is 0 Å². The molecule has 7 heteroatoms. The molecule has 2 N–H and O–H groups in total. The molecular formula is C11H22N4O2S. The molecule has 0 spiro atoms. The van der Waals surface area contributed by atoms with Gasteiger partial charge in [0.25, 0.3) is 0 Å². The topological polar surface area (TPSA) is 76.0 Å². The van der Waals surface area contributed by atoms with Gasteiger partial charge in [-0.2, -0.15) is 5.10 Å². The predicted molar refractivity (Wildman–Crippen MR) is 71.8 cm³/mol. The summed E-state index contributed by atoms with van der Waals surface area (Å²) in [6.45, 7) is 4.83. The van der Waals surface area contributed by atoms with Crippen LogP contribution in [0.25, 0.3) is 0 Å². The Bertz CT molecular complexity index is 453. The average Bonchev–Trinajstić information content (AvgIpc) is 2.63. The molecule has 0 fully saturated rings. The minimum Gasteiger partial charge on any atom is -0.313 e. The van der Waals surface area contributed by atoms with Gasteiger partial charge in [0.1, 0.15) is 0 Å². The second-order valence-corrected chi connectivity index (χ2v) is 6.48. The summed E-state index contributed by atoms with van der Waals surface area (Å²) in [5.41, 5.74) is 0.889. The number of hydrogen-bond donors (Lipinski definition) is 2. The van der Waals surface area contributed by atoms with E-state index in [1.807, 2.05) is 33.2 Å². The lowest BCUT2D eigenvalue weighted by atomic mass is 10.3. The highest BCUT2D eigenvalue weighted by atomic mass is 32.2. The predicted octanol–water partition coefficient (Wildman–Crippen LogP) is -0.120. The largest absolute Gasteiger partial charge is 0.313 e. The van der Waals surface area contributed by atoms with Gasteiger partial charge in [0.2, 0.25) is 10.0 Å². The third-order valence-electron chi connectivity index (χ3n) is 2.40. The zero-order chi connectivity index (χ0) is 13.6. The van der Waals surface area contributed by atoms with E-state index < -0.39 is 10.0 Å². The van der Waals surface area contributed by atoms with Crippen LogP contribution in [0.2, 0.25) is 0 Å². The SMILES string of the molecule is CC(C)NCCS(=O)(=O)NCCc1ccn(C)n1. The summed E-state index contributed by atoms with van der Waals surface area (Å²) in [5.74, 6) is 0.105. The van der Waals surface area contributed by atoms with Gasteiger partial charge in [-0.3, -0.25) is 4.68 Å². The lowest BCUT2D eigenvalue weighted by molar-refractivity contribution is 0.566. The molecule has 6 nitrogen and oxygen atoms in total. The van der Waals surface area contributed by atoms with Gasteiger partial charge in [-0.25, -0.2) is 13.1 Å². The Morgan fingerprint density at radius 3 is 2.67 bits per heavy atom. The van der Waals surface area contributed by atoms with E-state index in [-0.39, 0.29) is 5.75 Å². The summed E-state index contributed by atoms with van der Waals surface area (Å²) in [5, 5.41) is 7.26. The highest BCUT2D eigenvalue weighted by Crippen LogP contribution is 1.95. The molecule has 0 aliphatic heterocycles. The maximum Gasteiger partial charge on any atom is 0.212 e. The fourth-order valence-electron chi connectivity index (χ4n) is 1.49. The molecule has 0 saturated carbocycles. The monoisotopic (exact) mass is 274 g/mol. The average molecular weight is 274 g/mol. The first-order chi connectivity index (χ1) is 8.39. The van der Waals surface area contributed by atoms with Crippen LogP contribution in [0.4, 0.5) is 0 Å².